The van der Waals surface area contributed by atoms with Crippen LogP contribution in [-0.4, -0.2) is 15.7 Å². The van der Waals surface area contributed by atoms with Crippen LogP contribution in [0.4, 0.5) is 5.69 Å². The molecule has 4 aromatic rings. The minimum absolute atomic E-state index is 0.0753. The molecule has 146 valence electrons. The maximum atomic E-state index is 12.3. The van der Waals surface area contributed by atoms with Crippen molar-refractivity contribution >= 4 is 34.1 Å². The molecule has 1 heterocycles. The lowest BCUT2D eigenvalue weighted by Crippen LogP contribution is -2.14. The predicted octanol–water partition coefficient (Wildman–Crippen LogP) is 5.30. The highest BCUT2D eigenvalue weighted by atomic mass is 35.5. The number of carbonyl (C=O) groups excluding carboxylic acids is 1. The number of aryl methyl sites for hydroxylation is 1. The molecule has 1 amide bonds. The summed E-state index contributed by atoms with van der Waals surface area (Å²) in [6, 6.07) is 23.0. The monoisotopic (exact) mass is 405 g/mol. The number of nitrogens with one attached hydrogen (secondary N) is 1. The molecule has 0 aliphatic carbocycles. The first kappa shape index (κ1) is 19.0. The van der Waals surface area contributed by atoms with Crippen molar-refractivity contribution < 1.29 is 9.53 Å². The van der Waals surface area contributed by atoms with E-state index in [4.69, 9.17) is 16.3 Å². The highest BCUT2D eigenvalue weighted by Crippen LogP contribution is 2.23. The van der Waals surface area contributed by atoms with Crippen LogP contribution in [0.15, 0.2) is 79.0 Å². The Kier molecular flexibility index (Phi) is 5.77. The van der Waals surface area contributed by atoms with Crippen molar-refractivity contribution in [3.8, 4) is 5.75 Å². The molecule has 0 aliphatic heterocycles. The van der Waals surface area contributed by atoms with Crippen LogP contribution in [0.2, 0.25) is 5.02 Å². The summed E-state index contributed by atoms with van der Waals surface area (Å²) in [7, 11) is 0. The number of benzene rings is 3. The van der Waals surface area contributed by atoms with Crippen molar-refractivity contribution in [2.45, 2.75) is 19.6 Å². The van der Waals surface area contributed by atoms with Gasteiger partial charge in [0, 0.05) is 17.5 Å². The Morgan fingerprint density at radius 3 is 2.59 bits per heavy atom. The van der Waals surface area contributed by atoms with Crippen molar-refractivity contribution in [1.82, 2.24) is 9.78 Å². The third-order valence-electron chi connectivity index (χ3n) is 4.57. The van der Waals surface area contributed by atoms with Crippen LogP contribution in [-0.2, 0) is 17.9 Å². The molecule has 1 N–H and O–H groups in total. The van der Waals surface area contributed by atoms with Gasteiger partial charge in [0.15, 0.2) is 0 Å². The van der Waals surface area contributed by atoms with Crippen LogP contribution < -0.4 is 10.1 Å². The molecule has 1 aromatic heterocycles. The molecule has 6 heteroatoms. The summed E-state index contributed by atoms with van der Waals surface area (Å²) in [5, 5.41) is 8.78. The van der Waals surface area contributed by atoms with E-state index in [9.17, 15) is 4.79 Å². The van der Waals surface area contributed by atoms with E-state index in [1.54, 1.807) is 10.9 Å². The zero-order chi connectivity index (χ0) is 20.1. The van der Waals surface area contributed by atoms with Crippen LogP contribution >= 0.6 is 11.6 Å². The molecular formula is C23H20ClN3O2. The van der Waals surface area contributed by atoms with Gasteiger partial charge in [0.05, 0.1) is 23.3 Å². The number of fused-ring (bicyclic) bond motifs is 1. The molecule has 5 nitrogen and oxygen atoms in total. The Bertz CT molecular complexity index is 1110. The summed E-state index contributed by atoms with van der Waals surface area (Å²) in [6.07, 6.45) is 2.04. The van der Waals surface area contributed by atoms with Crippen LogP contribution in [0, 0.1) is 0 Å². The van der Waals surface area contributed by atoms with Crippen LogP contribution in [0.3, 0.4) is 0 Å². The van der Waals surface area contributed by atoms with Crippen molar-refractivity contribution in [3.05, 3.63) is 89.6 Å². The lowest BCUT2D eigenvalue weighted by Gasteiger charge is -2.09. The average molecular weight is 406 g/mol. The van der Waals surface area contributed by atoms with Crippen LogP contribution in [0.25, 0.3) is 10.9 Å². The normalized spacial score (nSPS) is 10.8. The van der Waals surface area contributed by atoms with Gasteiger partial charge in [-0.1, -0.05) is 48.0 Å². The summed E-state index contributed by atoms with van der Waals surface area (Å²) >= 11 is 6.17. The zero-order valence-corrected chi connectivity index (χ0v) is 16.5. The molecular weight excluding hydrogens is 386 g/mol. The van der Waals surface area contributed by atoms with Crippen molar-refractivity contribution in [2.24, 2.45) is 0 Å². The fourth-order valence-electron chi connectivity index (χ4n) is 3.05. The van der Waals surface area contributed by atoms with Gasteiger partial charge in [-0.3, -0.25) is 9.48 Å². The van der Waals surface area contributed by atoms with Gasteiger partial charge in [0.2, 0.25) is 5.91 Å². The molecule has 0 atom stereocenters. The Morgan fingerprint density at radius 2 is 1.79 bits per heavy atom. The van der Waals surface area contributed by atoms with Gasteiger partial charge in [-0.05, 0) is 42.0 Å². The molecule has 0 fully saturated rings. The molecule has 29 heavy (non-hydrogen) atoms. The second-order valence-corrected chi connectivity index (χ2v) is 7.04. The fraction of sp³-hybridized carbons (Fsp3) is 0.130. The molecule has 0 bridgehead atoms. The Balaban J connectivity index is 1.29. The number of amides is 1. The number of anilines is 1. The van der Waals surface area contributed by atoms with Crippen molar-refractivity contribution in [3.63, 3.8) is 0 Å². The molecule has 0 saturated carbocycles. The van der Waals surface area contributed by atoms with E-state index in [0.717, 1.165) is 27.9 Å². The molecule has 4 rings (SSSR count). The number of carbonyl (C=O) groups is 1. The van der Waals surface area contributed by atoms with Gasteiger partial charge in [-0.2, -0.15) is 5.10 Å². The number of hydrogen-bond donors (Lipinski definition) is 1. The third-order valence-corrected chi connectivity index (χ3v) is 4.90. The van der Waals surface area contributed by atoms with E-state index >= 15 is 0 Å². The Morgan fingerprint density at radius 1 is 1.00 bits per heavy atom. The largest absolute Gasteiger partial charge is 0.489 e. The number of halogens is 1. The topological polar surface area (TPSA) is 56.2 Å². The Hall–Kier alpha value is -3.31. The van der Waals surface area contributed by atoms with E-state index in [0.29, 0.717) is 24.6 Å². The maximum Gasteiger partial charge on any atom is 0.226 e. The summed E-state index contributed by atoms with van der Waals surface area (Å²) in [6.45, 7) is 0.988. The van der Waals surface area contributed by atoms with E-state index in [2.05, 4.69) is 10.4 Å². The van der Waals surface area contributed by atoms with E-state index < -0.39 is 0 Å². The van der Waals surface area contributed by atoms with E-state index in [1.807, 2.05) is 72.8 Å². The third kappa shape index (κ3) is 4.76. The second kappa shape index (κ2) is 8.80. The van der Waals surface area contributed by atoms with Crippen LogP contribution in [0.1, 0.15) is 12.0 Å². The summed E-state index contributed by atoms with van der Waals surface area (Å²) in [5.41, 5.74) is 2.76. The molecule has 0 unspecified atom stereocenters. The summed E-state index contributed by atoms with van der Waals surface area (Å²) < 4.78 is 7.56. The number of ether oxygens (including phenoxy) is 1. The molecule has 0 radical (unpaired) electrons. The average Bonchev–Trinajstić information content (AvgIpc) is 3.17. The first-order valence-electron chi connectivity index (χ1n) is 9.36. The quantitative estimate of drug-likeness (QED) is 0.454. The molecule has 3 aromatic carbocycles. The molecule has 0 aliphatic rings. The number of rotatable bonds is 7. The van der Waals surface area contributed by atoms with Crippen LogP contribution in [0.5, 0.6) is 5.75 Å². The van der Waals surface area contributed by atoms with Gasteiger partial charge in [0.25, 0.3) is 0 Å². The first-order chi connectivity index (χ1) is 14.2. The first-order valence-corrected chi connectivity index (χ1v) is 9.73. The number of nitrogens with zero attached hydrogens (tertiary/aromatic N) is 2. The van der Waals surface area contributed by atoms with Crippen molar-refractivity contribution in [2.75, 3.05) is 5.32 Å². The number of aromatic nitrogens is 2. The lowest BCUT2D eigenvalue weighted by molar-refractivity contribution is -0.116. The second-order valence-electron chi connectivity index (χ2n) is 6.64. The lowest BCUT2D eigenvalue weighted by atomic mass is 10.2. The Labute approximate surface area is 173 Å². The summed E-state index contributed by atoms with van der Waals surface area (Å²) in [4.78, 5) is 12.3. The standard InChI is InChI=1S/C23H20ClN3O2/c24-21-7-4-8-22-20(21)15-25-27(22)14-13-23(28)26-18-9-11-19(12-10-18)29-16-17-5-2-1-3-6-17/h1-12,15H,13-14,16H2,(H,26,28). The highest BCUT2D eigenvalue weighted by Gasteiger charge is 2.08. The van der Waals surface area contributed by atoms with E-state index in [-0.39, 0.29) is 5.91 Å². The van der Waals surface area contributed by atoms with Gasteiger partial charge >= 0.3 is 0 Å². The van der Waals surface area contributed by atoms with Crippen molar-refractivity contribution in [1.29, 1.82) is 0 Å². The SMILES string of the molecule is O=C(CCn1ncc2c(Cl)cccc21)Nc1ccc(OCc2ccccc2)cc1. The molecule has 0 saturated heterocycles. The van der Waals surface area contributed by atoms with E-state index in [1.165, 1.54) is 0 Å². The zero-order valence-electron chi connectivity index (χ0n) is 15.7. The fourth-order valence-corrected chi connectivity index (χ4v) is 3.27. The number of hydrogen-bond acceptors (Lipinski definition) is 3. The maximum absolute atomic E-state index is 12.3. The molecule has 0 spiro atoms. The summed E-state index contributed by atoms with van der Waals surface area (Å²) in [5.74, 6) is 0.681. The van der Waals surface area contributed by atoms with Gasteiger partial charge in [-0.25, -0.2) is 0 Å². The smallest absolute Gasteiger partial charge is 0.226 e. The van der Waals surface area contributed by atoms with Gasteiger partial charge < -0.3 is 10.1 Å². The van der Waals surface area contributed by atoms with Gasteiger partial charge in [-0.15, -0.1) is 0 Å². The minimum atomic E-state index is -0.0753. The highest BCUT2D eigenvalue weighted by molar-refractivity contribution is 6.35. The minimum Gasteiger partial charge on any atom is -0.489 e. The van der Waals surface area contributed by atoms with Gasteiger partial charge in [0.1, 0.15) is 12.4 Å². The predicted molar refractivity (Wildman–Crippen MR) is 115 cm³/mol.